The van der Waals surface area contributed by atoms with Crippen molar-refractivity contribution in [1.82, 2.24) is 10.2 Å². The average molecular weight is 348 g/mol. The van der Waals surface area contributed by atoms with Crippen LogP contribution in [0.3, 0.4) is 0 Å². The van der Waals surface area contributed by atoms with Crippen LogP contribution in [0.4, 0.5) is 0 Å². The maximum absolute atomic E-state index is 12.6. The molecule has 1 aliphatic rings. The van der Waals surface area contributed by atoms with Crippen molar-refractivity contribution in [3.8, 4) is 11.5 Å². The van der Waals surface area contributed by atoms with E-state index in [0.29, 0.717) is 18.6 Å². The molecule has 0 bridgehead atoms. The first-order valence-corrected chi connectivity index (χ1v) is 9.30. The lowest BCUT2D eigenvalue weighted by molar-refractivity contribution is -0.123. The third-order valence-electron chi connectivity index (χ3n) is 5.03. The maximum atomic E-state index is 12.6. The highest BCUT2D eigenvalue weighted by molar-refractivity contribution is 5.78. The van der Waals surface area contributed by atoms with E-state index < -0.39 is 0 Å². The zero-order valence-electron chi connectivity index (χ0n) is 16.2. The van der Waals surface area contributed by atoms with Gasteiger partial charge in [0.25, 0.3) is 0 Å². The Balaban J connectivity index is 2.04. The molecule has 0 spiro atoms. The van der Waals surface area contributed by atoms with Gasteiger partial charge in [-0.2, -0.15) is 0 Å². The summed E-state index contributed by atoms with van der Waals surface area (Å²) >= 11 is 0. The normalized spacial score (nSPS) is 15.3. The first kappa shape index (κ1) is 19.6. The van der Waals surface area contributed by atoms with E-state index in [1.165, 1.54) is 12.8 Å². The Morgan fingerprint density at radius 1 is 1.24 bits per heavy atom. The van der Waals surface area contributed by atoms with Crippen LogP contribution in [0.15, 0.2) is 18.2 Å². The van der Waals surface area contributed by atoms with Crippen LogP contribution in [-0.4, -0.2) is 43.7 Å². The van der Waals surface area contributed by atoms with Gasteiger partial charge in [-0.15, -0.1) is 0 Å². The highest BCUT2D eigenvalue weighted by Gasteiger charge is 2.34. The minimum atomic E-state index is -0.139. The Hall–Kier alpha value is -1.75. The molecule has 1 N–H and O–H groups in total. The predicted octanol–water partition coefficient (Wildman–Crippen LogP) is 3.53. The largest absolute Gasteiger partial charge is 0.497 e. The second kappa shape index (κ2) is 9.09. The predicted molar refractivity (Wildman–Crippen MR) is 100 cm³/mol. The number of methoxy groups -OCH3 is 2. The van der Waals surface area contributed by atoms with Crippen LogP contribution in [0, 0.1) is 0 Å². The molecule has 0 aliphatic heterocycles. The van der Waals surface area contributed by atoms with Crippen LogP contribution >= 0.6 is 0 Å². The van der Waals surface area contributed by atoms with Gasteiger partial charge in [0.2, 0.25) is 5.91 Å². The van der Waals surface area contributed by atoms with E-state index in [1.807, 2.05) is 25.1 Å². The van der Waals surface area contributed by atoms with E-state index in [9.17, 15) is 4.79 Å². The number of hydrogen-bond donors (Lipinski definition) is 1. The Kier molecular flexibility index (Phi) is 7.12. The van der Waals surface area contributed by atoms with Gasteiger partial charge >= 0.3 is 0 Å². The number of hydrogen-bond acceptors (Lipinski definition) is 4. The lowest BCUT2D eigenvalue weighted by atomic mass is 10.1. The van der Waals surface area contributed by atoms with Crippen molar-refractivity contribution in [2.45, 2.75) is 64.6 Å². The first-order valence-electron chi connectivity index (χ1n) is 9.30. The highest BCUT2D eigenvalue weighted by Crippen LogP contribution is 2.31. The zero-order valence-corrected chi connectivity index (χ0v) is 16.2. The van der Waals surface area contributed by atoms with Gasteiger partial charge in [0, 0.05) is 17.6 Å². The van der Waals surface area contributed by atoms with Crippen molar-refractivity contribution in [3.05, 3.63) is 23.8 Å². The van der Waals surface area contributed by atoms with E-state index in [2.05, 4.69) is 24.1 Å². The monoisotopic (exact) mass is 348 g/mol. The number of amides is 1. The molecule has 1 fully saturated rings. The summed E-state index contributed by atoms with van der Waals surface area (Å²) in [6.07, 6.45) is 4.59. The number of carbonyl (C=O) groups is 1. The van der Waals surface area contributed by atoms with Gasteiger partial charge in [-0.05, 0) is 50.8 Å². The van der Waals surface area contributed by atoms with Gasteiger partial charge in [-0.1, -0.05) is 13.8 Å². The molecule has 0 aromatic heterocycles. The topological polar surface area (TPSA) is 50.8 Å². The van der Waals surface area contributed by atoms with Gasteiger partial charge in [-0.3, -0.25) is 9.69 Å². The fourth-order valence-electron chi connectivity index (χ4n) is 3.43. The summed E-state index contributed by atoms with van der Waals surface area (Å²) in [7, 11) is 3.28. The van der Waals surface area contributed by atoms with Gasteiger partial charge in [0.05, 0.1) is 26.8 Å². The fourth-order valence-corrected chi connectivity index (χ4v) is 3.43. The minimum absolute atomic E-state index is 0.0659. The van der Waals surface area contributed by atoms with Crippen LogP contribution in [0.5, 0.6) is 11.5 Å². The van der Waals surface area contributed by atoms with Crippen LogP contribution in [0.25, 0.3) is 0 Å². The summed E-state index contributed by atoms with van der Waals surface area (Å²) in [5.74, 6) is 1.58. The van der Waals surface area contributed by atoms with Crippen LogP contribution in [0.1, 0.15) is 58.1 Å². The fraction of sp³-hybridized carbons (Fsp3) is 0.650. The molecule has 2 rings (SSSR count). The lowest BCUT2D eigenvalue weighted by Crippen LogP contribution is -2.44. The molecule has 0 saturated heterocycles. The molecule has 25 heavy (non-hydrogen) atoms. The molecule has 1 aromatic rings. The minimum Gasteiger partial charge on any atom is -0.497 e. The lowest BCUT2D eigenvalue weighted by Gasteiger charge is -2.30. The third kappa shape index (κ3) is 5.11. The SMILES string of the molecule is CCC(CC)N(CC(=O)N[C@@H](C)c1cc(OC)ccc1OC)C1CC1. The van der Waals surface area contributed by atoms with E-state index in [4.69, 9.17) is 9.47 Å². The van der Waals surface area contributed by atoms with Crippen molar-refractivity contribution in [1.29, 1.82) is 0 Å². The van der Waals surface area contributed by atoms with E-state index in [-0.39, 0.29) is 11.9 Å². The van der Waals surface area contributed by atoms with E-state index in [1.54, 1.807) is 14.2 Å². The summed E-state index contributed by atoms with van der Waals surface area (Å²) in [6, 6.07) is 6.58. The quantitative estimate of drug-likeness (QED) is 0.703. The van der Waals surface area contributed by atoms with Crippen molar-refractivity contribution < 1.29 is 14.3 Å². The van der Waals surface area contributed by atoms with E-state index >= 15 is 0 Å². The Morgan fingerprint density at radius 2 is 1.92 bits per heavy atom. The molecule has 5 heteroatoms. The van der Waals surface area contributed by atoms with Crippen LogP contribution in [0.2, 0.25) is 0 Å². The van der Waals surface area contributed by atoms with Gasteiger partial charge in [0.1, 0.15) is 11.5 Å². The summed E-state index contributed by atoms with van der Waals surface area (Å²) in [4.78, 5) is 15.0. The highest BCUT2D eigenvalue weighted by atomic mass is 16.5. The molecule has 0 unspecified atom stereocenters. The third-order valence-corrected chi connectivity index (χ3v) is 5.03. The number of benzene rings is 1. The number of ether oxygens (including phenoxy) is 2. The molecular weight excluding hydrogens is 316 g/mol. The zero-order chi connectivity index (χ0) is 18.4. The van der Waals surface area contributed by atoms with Crippen molar-refractivity contribution >= 4 is 5.91 Å². The Labute approximate surface area is 151 Å². The maximum Gasteiger partial charge on any atom is 0.234 e. The molecule has 1 amide bonds. The standard InChI is InChI=1S/C20H32N2O3/c1-6-15(7-2)22(16-8-9-16)13-20(23)21-14(3)18-12-17(24-4)10-11-19(18)25-5/h10-12,14-16H,6-9,13H2,1-5H3,(H,21,23)/t14-/m0/s1. The summed E-state index contributed by atoms with van der Waals surface area (Å²) in [5, 5.41) is 3.12. The average Bonchev–Trinajstić information content (AvgIpc) is 3.46. The number of carbonyl (C=O) groups excluding carboxylic acids is 1. The molecule has 1 atom stereocenters. The Morgan fingerprint density at radius 3 is 2.44 bits per heavy atom. The molecule has 1 saturated carbocycles. The molecule has 5 nitrogen and oxygen atoms in total. The smallest absolute Gasteiger partial charge is 0.234 e. The number of nitrogens with zero attached hydrogens (tertiary/aromatic N) is 1. The molecule has 140 valence electrons. The summed E-state index contributed by atoms with van der Waals surface area (Å²) in [6.45, 7) is 6.85. The number of nitrogens with one attached hydrogen (secondary N) is 1. The van der Waals surface area contributed by atoms with Crippen LogP contribution in [-0.2, 0) is 4.79 Å². The van der Waals surface area contributed by atoms with Crippen molar-refractivity contribution in [2.24, 2.45) is 0 Å². The molecular formula is C20H32N2O3. The Bertz CT molecular complexity index is 568. The second-order valence-electron chi connectivity index (χ2n) is 6.77. The van der Waals surface area contributed by atoms with Gasteiger partial charge in [0.15, 0.2) is 0 Å². The molecule has 1 aromatic carbocycles. The molecule has 1 aliphatic carbocycles. The van der Waals surface area contributed by atoms with E-state index in [0.717, 1.165) is 29.9 Å². The second-order valence-corrected chi connectivity index (χ2v) is 6.77. The van der Waals surface area contributed by atoms with Crippen molar-refractivity contribution in [2.75, 3.05) is 20.8 Å². The van der Waals surface area contributed by atoms with Crippen molar-refractivity contribution in [3.63, 3.8) is 0 Å². The first-order chi connectivity index (χ1) is 12.0. The van der Waals surface area contributed by atoms with Crippen LogP contribution < -0.4 is 14.8 Å². The van der Waals surface area contributed by atoms with Gasteiger partial charge < -0.3 is 14.8 Å². The molecule has 0 radical (unpaired) electrons. The summed E-state index contributed by atoms with van der Waals surface area (Å²) < 4.78 is 10.7. The summed E-state index contributed by atoms with van der Waals surface area (Å²) in [5.41, 5.74) is 0.927. The van der Waals surface area contributed by atoms with Gasteiger partial charge in [-0.25, -0.2) is 0 Å². The number of rotatable bonds is 10. The molecule has 0 heterocycles.